The van der Waals surface area contributed by atoms with Gasteiger partial charge in [0.05, 0.1) is 5.69 Å². The van der Waals surface area contributed by atoms with E-state index in [4.69, 9.17) is 16.6 Å². The van der Waals surface area contributed by atoms with Gasteiger partial charge >= 0.3 is 5.63 Å². The van der Waals surface area contributed by atoms with E-state index in [0.717, 1.165) is 17.7 Å². The summed E-state index contributed by atoms with van der Waals surface area (Å²) < 4.78 is 5.97. The van der Waals surface area contributed by atoms with Crippen molar-refractivity contribution in [2.24, 2.45) is 0 Å². The highest BCUT2D eigenvalue weighted by molar-refractivity contribution is 7.71. The maximum atomic E-state index is 11.8. The molecule has 4 nitrogen and oxygen atoms in total. The summed E-state index contributed by atoms with van der Waals surface area (Å²) in [5, 5.41) is 0. The highest BCUT2D eigenvalue weighted by Crippen LogP contribution is 2.06. The van der Waals surface area contributed by atoms with Gasteiger partial charge in [-0.25, -0.2) is 9.36 Å². The van der Waals surface area contributed by atoms with E-state index in [2.05, 4.69) is 0 Å². The maximum Gasteiger partial charge on any atom is 0.338 e. The van der Waals surface area contributed by atoms with Gasteiger partial charge in [-0.3, -0.25) is 4.79 Å². The zero-order valence-corrected chi connectivity index (χ0v) is 9.86. The van der Waals surface area contributed by atoms with Gasteiger partial charge in [0.2, 0.25) is 0 Å². The van der Waals surface area contributed by atoms with Crippen molar-refractivity contribution in [1.82, 2.24) is 4.57 Å². The lowest BCUT2D eigenvalue weighted by atomic mass is 10.2. The van der Waals surface area contributed by atoms with Crippen molar-refractivity contribution in [3.63, 3.8) is 0 Å². The standard InChI is InChI=1S/C12H9NO3S/c1-8-2-4-9(5-3-8)13-10(14)6-7-11(15)16-12(13)17/h2-7H,1H3. The van der Waals surface area contributed by atoms with Gasteiger partial charge in [-0.05, 0) is 31.3 Å². The van der Waals surface area contributed by atoms with Crippen molar-refractivity contribution in [2.45, 2.75) is 6.92 Å². The Bertz CT molecular complexity index is 713. The molecule has 0 aliphatic heterocycles. The molecule has 0 atom stereocenters. The van der Waals surface area contributed by atoms with Crippen LogP contribution in [0.3, 0.4) is 0 Å². The first kappa shape index (κ1) is 11.5. The van der Waals surface area contributed by atoms with Crippen molar-refractivity contribution >= 4 is 12.2 Å². The highest BCUT2D eigenvalue weighted by atomic mass is 32.1. The van der Waals surface area contributed by atoms with Crippen LogP contribution in [0.4, 0.5) is 0 Å². The third-order valence-corrected chi connectivity index (χ3v) is 2.51. The van der Waals surface area contributed by atoms with Crippen molar-refractivity contribution < 1.29 is 4.42 Å². The van der Waals surface area contributed by atoms with E-state index in [-0.39, 0.29) is 4.84 Å². The highest BCUT2D eigenvalue weighted by Gasteiger charge is 2.01. The number of rotatable bonds is 1. The monoisotopic (exact) mass is 247 g/mol. The molecule has 0 N–H and O–H groups in total. The van der Waals surface area contributed by atoms with Crippen LogP contribution >= 0.6 is 12.2 Å². The van der Waals surface area contributed by atoms with Crippen molar-refractivity contribution in [3.05, 3.63) is 67.6 Å². The smallest absolute Gasteiger partial charge is 0.338 e. The van der Waals surface area contributed by atoms with E-state index in [0.29, 0.717) is 5.69 Å². The molecule has 86 valence electrons. The van der Waals surface area contributed by atoms with Crippen molar-refractivity contribution in [1.29, 1.82) is 0 Å². The average molecular weight is 247 g/mol. The van der Waals surface area contributed by atoms with Crippen molar-refractivity contribution in [2.75, 3.05) is 0 Å². The van der Waals surface area contributed by atoms with E-state index in [1.54, 1.807) is 12.1 Å². The molecule has 0 aliphatic carbocycles. The minimum absolute atomic E-state index is 0.158. The van der Waals surface area contributed by atoms with Gasteiger partial charge in [-0.15, -0.1) is 0 Å². The topological polar surface area (TPSA) is 52.2 Å². The first-order chi connectivity index (χ1) is 8.08. The summed E-state index contributed by atoms with van der Waals surface area (Å²) in [6.45, 7) is 1.94. The Labute approximate surface area is 102 Å². The van der Waals surface area contributed by atoms with Crippen molar-refractivity contribution in [3.8, 4) is 5.69 Å². The normalized spacial score (nSPS) is 10.2. The van der Waals surface area contributed by atoms with Gasteiger partial charge in [-0.1, -0.05) is 17.7 Å². The van der Waals surface area contributed by atoms with E-state index >= 15 is 0 Å². The third-order valence-electron chi connectivity index (χ3n) is 2.25. The molecule has 1 aromatic carbocycles. The second kappa shape index (κ2) is 4.47. The van der Waals surface area contributed by atoms with Gasteiger partial charge in [0.1, 0.15) is 0 Å². The molecule has 0 saturated heterocycles. The lowest BCUT2D eigenvalue weighted by molar-refractivity contribution is 0.468. The molecule has 0 aliphatic rings. The fourth-order valence-corrected chi connectivity index (χ4v) is 1.67. The predicted octanol–water partition coefficient (Wildman–Crippen LogP) is 1.83. The number of hydrogen-bond donors (Lipinski definition) is 0. The second-order valence-corrected chi connectivity index (χ2v) is 3.88. The fourth-order valence-electron chi connectivity index (χ4n) is 1.40. The molecule has 5 heteroatoms. The molecule has 1 aromatic heterocycles. The summed E-state index contributed by atoms with van der Waals surface area (Å²) in [5.74, 6) is 0. The first-order valence-corrected chi connectivity index (χ1v) is 5.33. The molecular weight excluding hydrogens is 238 g/mol. The number of nitrogens with zero attached hydrogens (tertiary/aromatic N) is 1. The van der Waals surface area contributed by atoms with Gasteiger partial charge in [0.25, 0.3) is 10.4 Å². The zero-order chi connectivity index (χ0) is 12.4. The average Bonchev–Trinajstić information content (AvgIpc) is 2.40. The van der Waals surface area contributed by atoms with Crippen LogP contribution in [0.25, 0.3) is 5.69 Å². The number of benzene rings is 1. The Morgan fingerprint density at radius 2 is 1.71 bits per heavy atom. The molecule has 2 rings (SSSR count). The summed E-state index contributed by atoms with van der Waals surface area (Å²) in [6, 6.07) is 9.38. The zero-order valence-electron chi connectivity index (χ0n) is 9.04. The third kappa shape index (κ3) is 2.39. The number of aromatic nitrogens is 1. The van der Waals surface area contributed by atoms with Gasteiger partial charge in [0, 0.05) is 12.1 Å². The molecule has 0 bridgehead atoms. The summed E-state index contributed by atoms with van der Waals surface area (Å²) in [6.07, 6.45) is 0. The molecule has 2 aromatic rings. The summed E-state index contributed by atoms with van der Waals surface area (Å²) in [5.41, 5.74) is 0.599. The Kier molecular flexibility index (Phi) is 3.01. The molecular formula is C12H9NO3S. The minimum Gasteiger partial charge on any atom is -0.395 e. The Morgan fingerprint density at radius 3 is 2.35 bits per heavy atom. The van der Waals surface area contributed by atoms with Crippen LogP contribution in [-0.2, 0) is 0 Å². The number of aryl methyl sites for hydroxylation is 1. The molecule has 0 saturated carbocycles. The molecule has 0 radical (unpaired) electrons. The van der Waals surface area contributed by atoms with Crippen LogP contribution in [0.5, 0.6) is 0 Å². The predicted molar refractivity (Wildman–Crippen MR) is 66.1 cm³/mol. The minimum atomic E-state index is -0.641. The molecule has 0 fully saturated rings. The summed E-state index contributed by atoms with van der Waals surface area (Å²) >= 11 is 4.90. The SMILES string of the molecule is Cc1ccc(-n2c(=O)ccc(=O)oc2=S)cc1. The quantitative estimate of drug-likeness (QED) is 0.721. The first-order valence-electron chi connectivity index (χ1n) is 4.92. The van der Waals surface area contributed by atoms with E-state index in [1.807, 2.05) is 19.1 Å². The van der Waals surface area contributed by atoms with Crippen LogP contribution in [-0.4, -0.2) is 4.57 Å². The van der Waals surface area contributed by atoms with Crippen LogP contribution in [0.1, 0.15) is 5.56 Å². The Balaban J connectivity index is 2.81. The van der Waals surface area contributed by atoms with Crippen LogP contribution in [0.2, 0.25) is 0 Å². The van der Waals surface area contributed by atoms with Crippen LogP contribution in [0.15, 0.2) is 50.4 Å². The lowest BCUT2D eigenvalue weighted by Crippen LogP contribution is -2.14. The van der Waals surface area contributed by atoms with E-state index < -0.39 is 11.2 Å². The lowest BCUT2D eigenvalue weighted by Gasteiger charge is -2.01. The molecule has 17 heavy (non-hydrogen) atoms. The summed E-state index contributed by atoms with van der Waals surface area (Å²) in [7, 11) is 0. The fraction of sp³-hybridized carbons (Fsp3) is 0.0833. The molecule has 0 spiro atoms. The maximum absolute atomic E-state index is 11.8. The summed E-state index contributed by atoms with van der Waals surface area (Å²) in [4.78, 5) is 22.7. The van der Waals surface area contributed by atoms with Crippen LogP contribution < -0.4 is 11.2 Å². The van der Waals surface area contributed by atoms with Gasteiger partial charge in [-0.2, -0.15) is 0 Å². The molecule has 0 unspecified atom stereocenters. The van der Waals surface area contributed by atoms with Crippen LogP contribution in [0, 0.1) is 11.8 Å². The Morgan fingerprint density at radius 1 is 1.06 bits per heavy atom. The van der Waals surface area contributed by atoms with E-state index in [1.165, 1.54) is 4.57 Å². The Hall–Kier alpha value is -2.01. The van der Waals surface area contributed by atoms with Gasteiger partial charge < -0.3 is 4.42 Å². The van der Waals surface area contributed by atoms with E-state index in [9.17, 15) is 9.59 Å². The van der Waals surface area contributed by atoms with Gasteiger partial charge in [0.15, 0.2) is 0 Å². The molecule has 1 heterocycles. The largest absolute Gasteiger partial charge is 0.395 e. The molecule has 0 amide bonds. The second-order valence-electron chi connectivity index (χ2n) is 3.53. The number of hydrogen-bond acceptors (Lipinski definition) is 4.